The van der Waals surface area contributed by atoms with E-state index in [1.165, 1.54) is 12.3 Å². The van der Waals surface area contributed by atoms with E-state index in [1.54, 1.807) is 19.4 Å². The highest BCUT2D eigenvalue weighted by Gasteiger charge is 2.24. The molecule has 0 fully saturated rings. The molecule has 31 heavy (non-hydrogen) atoms. The lowest BCUT2D eigenvalue weighted by atomic mass is 10.0. The van der Waals surface area contributed by atoms with Gasteiger partial charge in [0.25, 0.3) is 0 Å². The van der Waals surface area contributed by atoms with E-state index < -0.39 is 13.1 Å². The number of benzene rings is 2. The molecule has 160 valence electrons. The summed E-state index contributed by atoms with van der Waals surface area (Å²) in [5.74, 6) is 0.0858. The van der Waals surface area contributed by atoms with Gasteiger partial charge in [0.05, 0.1) is 29.7 Å². The van der Waals surface area contributed by atoms with Crippen molar-refractivity contribution in [3.05, 3.63) is 58.7 Å². The summed E-state index contributed by atoms with van der Waals surface area (Å²) in [6.07, 6.45) is 1.97. The lowest BCUT2D eigenvalue weighted by Crippen LogP contribution is -2.11. The minimum Gasteiger partial charge on any atom is -0.491 e. The topological polar surface area (TPSA) is 113 Å². The zero-order valence-electron chi connectivity index (χ0n) is 16.8. The summed E-state index contributed by atoms with van der Waals surface area (Å²) >= 11 is 6.29. The average Bonchev–Trinajstić information content (AvgIpc) is 3.20. The van der Waals surface area contributed by atoms with Gasteiger partial charge in [0.2, 0.25) is 5.95 Å². The fraction of sp³-hybridized carbons (Fsp3) is 0.190. The fourth-order valence-electron chi connectivity index (χ4n) is 3.41. The lowest BCUT2D eigenvalue weighted by molar-refractivity contribution is 0.0696. The van der Waals surface area contributed by atoms with Crippen molar-refractivity contribution in [1.82, 2.24) is 9.97 Å². The van der Waals surface area contributed by atoms with Gasteiger partial charge in [0, 0.05) is 17.3 Å². The van der Waals surface area contributed by atoms with Crippen molar-refractivity contribution in [3.63, 3.8) is 0 Å². The number of anilines is 4. The number of para-hydroxylation sites is 1. The molecule has 0 atom stereocenters. The Labute approximate surface area is 184 Å². The van der Waals surface area contributed by atoms with Crippen LogP contribution in [0.5, 0.6) is 5.75 Å². The molecule has 0 aliphatic carbocycles. The Bertz CT molecular complexity index is 1230. The molecule has 3 N–H and O–H groups in total. The maximum atomic E-state index is 12.6. The molecule has 8 nitrogen and oxygen atoms in total. The number of hydrogen-bond acceptors (Lipinski definition) is 7. The Morgan fingerprint density at radius 1 is 1.16 bits per heavy atom. The number of aromatic carboxylic acids is 1. The van der Waals surface area contributed by atoms with Crippen LogP contribution in [0.15, 0.2) is 42.6 Å². The maximum absolute atomic E-state index is 12.6. The molecular formula is C21H20ClN4O4P. The van der Waals surface area contributed by atoms with Crippen molar-refractivity contribution in [2.75, 3.05) is 30.6 Å². The molecule has 1 aliphatic heterocycles. The van der Waals surface area contributed by atoms with Crippen LogP contribution in [-0.4, -0.2) is 41.0 Å². The Morgan fingerprint density at radius 3 is 2.68 bits per heavy atom. The summed E-state index contributed by atoms with van der Waals surface area (Å²) in [7, 11) is -2.53. The molecule has 0 saturated heterocycles. The van der Waals surface area contributed by atoms with Crippen LogP contribution < -0.4 is 20.7 Å². The number of carboxylic acids is 1. The van der Waals surface area contributed by atoms with E-state index in [0.717, 1.165) is 0 Å². The molecule has 0 unspecified atom stereocenters. The number of ether oxygens (including phenoxy) is 1. The largest absolute Gasteiger partial charge is 0.491 e. The number of nitrogens with zero attached hydrogens (tertiary/aromatic N) is 2. The zero-order valence-corrected chi connectivity index (χ0v) is 18.5. The van der Waals surface area contributed by atoms with Crippen LogP contribution in [0.25, 0.3) is 0 Å². The molecule has 2 aromatic carbocycles. The Morgan fingerprint density at radius 2 is 1.94 bits per heavy atom. The smallest absolute Gasteiger partial charge is 0.336 e. The Balaban J connectivity index is 1.66. The van der Waals surface area contributed by atoms with Gasteiger partial charge in [-0.2, -0.15) is 4.98 Å². The highest BCUT2D eigenvalue weighted by molar-refractivity contribution is 7.70. The maximum Gasteiger partial charge on any atom is 0.336 e. The SMILES string of the molecule is CP(C)(=O)c1ccccc1Nc1nc(Nc2ccc(C(=O)O)c3c2OCC3)ncc1Cl. The van der Waals surface area contributed by atoms with Gasteiger partial charge in [-0.05, 0) is 37.6 Å². The van der Waals surface area contributed by atoms with Crippen molar-refractivity contribution >= 4 is 53.2 Å². The molecule has 3 aromatic rings. The van der Waals surface area contributed by atoms with Gasteiger partial charge in [-0.15, -0.1) is 0 Å². The quantitative estimate of drug-likeness (QED) is 0.463. The first kappa shape index (κ1) is 21.2. The second-order valence-electron chi connectivity index (χ2n) is 7.38. The predicted molar refractivity (Wildman–Crippen MR) is 122 cm³/mol. The van der Waals surface area contributed by atoms with Crippen molar-refractivity contribution in [2.24, 2.45) is 0 Å². The number of rotatable bonds is 6. The first-order valence-corrected chi connectivity index (χ1v) is 12.4. The summed E-state index contributed by atoms with van der Waals surface area (Å²) in [6.45, 7) is 3.81. The number of carboxylic acid groups (broad SMARTS) is 1. The van der Waals surface area contributed by atoms with Gasteiger partial charge < -0.3 is 25.0 Å². The molecule has 1 aliphatic rings. The highest BCUT2D eigenvalue weighted by Crippen LogP contribution is 2.39. The molecule has 2 heterocycles. The van der Waals surface area contributed by atoms with Crippen LogP contribution >= 0.6 is 18.7 Å². The normalized spacial score (nSPS) is 12.7. The summed E-state index contributed by atoms with van der Waals surface area (Å²) in [5, 5.41) is 16.6. The minimum absolute atomic E-state index is 0.220. The van der Waals surface area contributed by atoms with Crippen LogP contribution in [0.1, 0.15) is 15.9 Å². The van der Waals surface area contributed by atoms with Gasteiger partial charge in [0.15, 0.2) is 5.82 Å². The Hall–Kier alpha value is -3.09. The van der Waals surface area contributed by atoms with Crippen LogP contribution in [0.3, 0.4) is 0 Å². The summed E-state index contributed by atoms with van der Waals surface area (Å²) in [5.41, 5.74) is 2.08. The molecular weight excluding hydrogens is 439 g/mol. The molecule has 0 bridgehead atoms. The van der Waals surface area contributed by atoms with Crippen molar-refractivity contribution < 1.29 is 19.2 Å². The van der Waals surface area contributed by atoms with Crippen LogP contribution in [0.4, 0.5) is 23.1 Å². The average molecular weight is 459 g/mol. The van der Waals surface area contributed by atoms with Gasteiger partial charge in [-0.25, -0.2) is 9.78 Å². The van der Waals surface area contributed by atoms with Crippen molar-refractivity contribution in [3.8, 4) is 5.75 Å². The van der Waals surface area contributed by atoms with Crippen LogP contribution in [0, 0.1) is 0 Å². The van der Waals surface area contributed by atoms with Crippen molar-refractivity contribution in [2.45, 2.75) is 6.42 Å². The number of halogens is 1. The third-order valence-corrected chi connectivity index (χ3v) is 6.64. The molecule has 0 amide bonds. The van der Waals surface area contributed by atoms with E-state index in [1.807, 2.05) is 24.3 Å². The fourth-order valence-corrected chi connectivity index (χ4v) is 4.70. The standard InChI is InChI=1S/C21H20ClN4O4P/c1-31(2,29)17-6-4-3-5-15(17)24-19-14(22)11-23-21(26-19)25-16-8-7-13(20(27)28)12-9-10-30-18(12)16/h3-8,11H,9-10H2,1-2H3,(H,27,28)(H2,23,24,25,26). The Kier molecular flexibility index (Phi) is 5.60. The van der Waals surface area contributed by atoms with E-state index in [4.69, 9.17) is 16.3 Å². The number of carbonyl (C=O) groups is 1. The highest BCUT2D eigenvalue weighted by atomic mass is 35.5. The molecule has 10 heteroatoms. The zero-order chi connectivity index (χ0) is 22.2. The van der Waals surface area contributed by atoms with E-state index in [-0.39, 0.29) is 11.5 Å². The first-order chi connectivity index (χ1) is 14.7. The summed E-state index contributed by atoms with van der Waals surface area (Å²) in [6, 6.07) is 10.4. The predicted octanol–water partition coefficient (Wildman–Crippen LogP) is 4.50. The third-order valence-electron chi connectivity index (χ3n) is 4.82. The second-order valence-corrected chi connectivity index (χ2v) is 11.0. The molecule has 0 saturated carbocycles. The van der Waals surface area contributed by atoms with Crippen molar-refractivity contribution in [1.29, 1.82) is 0 Å². The summed E-state index contributed by atoms with van der Waals surface area (Å²) < 4.78 is 18.3. The number of fused-ring (bicyclic) bond motifs is 1. The first-order valence-electron chi connectivity index (χ1n) is 9.47. The lowest BCUT2D eigenvalue weighted by Gasteiger charge is -2.16. The number of aromatic nitrogens is 2. The minimum atomic E-state index is -2.53. The van der Waals surface area contributed by atoms with E-state index >= 15 is 0 Å². The van der Waals surface area contributed by atoms with E-state index in [2.05, 4.69) is 20.6 Å². The number of nitrogens with one attached hydrogen (secondary N) is 2. The third kappa shape index (κ3) is 4.36. The van der Waals surface area contributed by atoms with Gasteiger partial charge in [-0.3, -0.25) is 0 Å². The van der Waals surface area contributed by atoms with Crippen LogP contribution in [-0.2, 0) is 11.0 Å². The number of hydrogen-bond donors (Lipinski definition) is 3. The molecule has 0 radical (unpaired) electrons. The molecule has 1 aromatic heterocycles. The van der Waals surface area contributed by atoms with Gasteiger partial charge >= 0.3 is 5.97 Å². The van der Waals surface area contributed by atoms with E-state index in [0.29, 0.717) is 51.9 Å². The van der Waals surface area contributed by atoms with Gasteiger partial charge in [0.1, 0.15) is 17.9 Å². The monoisotopic (exact) mass is 458 g/mol. The van der Waals surface area contributed by atoms with Gasteiger partial charge in [-0.1, -0.05) is 23.7 Å². The summed E-state index contributed by atoms with van der Waals surface area (Å²) in [4.78, 5) is 20.1. The molecule has 4 rings (SSSR count). The molecule has 0 spiro atoms. The van der Waals surface area contributed by atoms with Crippen LogP contribution in [0.2, 0.25) is 5.02 Å². The second kappa shape index (κ2) is 8.21. The van der Waals surface area contributed by atoms with E-state index in [9.17, 15) is 14.5 Å².